The SMILES string of the molecule is COc1cc(N)c(OC)c2c(C)c(C)c(C)nc12. The number of methoxy groups -OCH3 is 2. The first-order chi connectivity index (χ1) is 8.51. The topological polar surface area (TPSA) is 57.4 Å². The van der Waals surface area contributed by atoms with E-state index in [1.54, 1.807) is 20.3 Å². The van der Waals surface area contributed by atoms with Gasteiger partial charge >= 0.3 is 0 Å². The summed E-state index contributed by atoms with van der Waals surface area (Å²) in [6.07, 6.45) is 0. The highest BCUT2D eigenvalue weighted by Crippen LogP contribution is 2.40. The summed E-state index contributed by atoms with van der Waals surface area (Å²) in [6, 6.07) is 1.75. The van der Waals surface area contributed by atoms with E-state index in [1.807, 2.05) is 20.8 Å². The van der Waals surface area contributed by atoms with Gasteiger partial charge in [0.05, 0.1) is 25.3 Å². The summed E-state index contributed by atoms with van der Waals surface area (Å²) in [4.78, 5) is 4.60. The van der Waals surface area contributed by atoms with Crippen molar-refractivity contribution in [3.63, 3.8) is 0 Å². The lowest BCUT2D eigenvalue weighted by atomic mass is 10.0. The van der Waals surface area contributed by atoms with Crippen LogP contribution in [0.25, 0.3) is 10.9 Å². The van der Waals surface area contributed by atoms with Crippen LogP contribution < -0.4 is 15.2 Å². The normalized spacial score (nSPS) is 10.7. The van der Waals surface area contributed by atoms with Gasteiger partial charge in [-0.3, -0.25) is 0 Å². The monoisotopic (exact) mass is 246 g/mol. The Hall–Kier alpha value is -1.97. The van der Waals surface area contributed by atoms with Gasteiger partial charge in [-0.05, 0) is 31.9 Å². The molecule has 0 amide bonds. The van der Waals surface area contributed by atoms with E-state index in [-0.39, 0.29) is 0 Å². The molecule has 0 spiro atoms. The maximum atomic E-state index is 6.00. The molecule has 0 bridgehead atoms. The third kappa shape index (κ3) is 1.65. The maximum absolute atomic E-state index is 6.00. The molecule has 2 aromatic rings. The highest BCUT2D eigenvalue weighted by atomic mass is 16.5. The Morgan fingerprint density at radius 3 is 2.28 bits per heavy atom. The molecular weight excluding hydrogens is 228 g/mol. The van der Waals surface area contributed by atoms with Gasteiger partial charge in [0.25, 0.3) is 0 Å². The summed E-state index contributed by atoms with van der Waals surface area (Å²) in [6.45, 7) is 6.09. The van der Waals surface area contributed by atoms with E-state index in [9.17, 15) is 0 Å². The molecule has 4 nitrogen and oxygen atoms in total. The zero-order chi connectivity index (χ0) is 13.4. The number of anilines is 1. The fraction of sp³-hybridized carbons (Fsp3) is 0.357. The second-order valence-corrected chi connectivity index (χ2v) is 4.37. The number of pyridine rings is 1. The Balaban J connectivity index is 3.03. The highest BCUT2D eigenvalue weighted by Gasteiger charge is 2.17. The Morgan fingerprint density at radius 1 is 1.06 bits per heavy atom. The molecule has 0 saturated heterocycles. The van der Waals surface area contributed by atoms with E-state index in [1.165, 1.54) is 0 Å². The molecule has 0 aliphatic carbocycles. The molecule has 0 unspecified atom stereocenters. The summed E-state index contributed by atoms with van der Waals surface area (Å²) in [5.41, 5.74) is 10.6. The van der Waals surface area contributed by atoms with Crippen molar-refractivity contribution in [2.24, 2.45) is 0 Å². The average molecular weight is 246 g/mol. The van der Waals surface area contributed by atoms with Crippen LogP contribution >= 0.6 is 0 Å². The van der Waals surface area contributed by atoms with Gasteiger partial charge in [-0.25, -0.2) is 4.98 Å². The molecule has 0 radical (unpaired) electrons. The van der Waals surface area contributed by atoms with E-state index in [0.29, 0.717) is 17.2 Å². The fourth-order valence-corrected chi connectivity index (χ4v) is 2.20. The minimum atomic E-state index is 0.565. The summed E-state index contributed by atoms with van der Waals surface area (Å²) >= 11 is 0. The van der Waals surface area contributed by atoms with Gasteiger partial charge in [0, 0.05) is 11.8 Å². The summed E-state index contributed by atoms with van der Waals surface area (Å²) in [7, 11) is 3.24. The lowest BCUT2D eigenvalue weighted by molar-refractivity contribution is 0.411. The van der Waals surface area contributed by atoms with Gasteiger partial charge in [-0.15, -0.1) is 0 Å². The van der Waals surface area contributed by atoms with Gasteiger partial charge < -0.3 is 15.2 Å². The van der Waals surface area contributed by atoms with Crippen LogP contribution in [0.2, 0.25) is 0 Å². The molecule has 0 fully saturated rings. The van der Waals surface area contributed by atoms with Crippen LogP contribution in [0, 0.1) is 20.8 Å². The molecule has 2 rings (SSSR count). The van der Waals surface area contributed by atoms with Crippen molar-refractivity contribution in [2.45, 2.75) is 20.8 Å². The lowest BCUT2D eigenvalue weighted by Crippen LogP contribution is -2.01. The second kappa shape index (κ2) is 4.37. The van der Waals surface area contributed by atoms with Crippen molar-refractivity contribution in [2.75, 3.05) is 20.0 Å². The zero-order valence-corrected chi connectivity index (χ0v) is 11.4. The van der Waals surface area contributed by atoms with Crippen LogP contribution in [0.1, 0.15) is 16.8 Å². The molecule has 18 heavy (non-hydrogen) atoms. The number of hydrogen-bond acceptors (Lipinski definition) is 4. The number of benzene rings is 1. The minimum absolute atomic E-state index is 0.565. The molecule has 0 aliphatic heterocycles. The van der Waals surface area contributed by atoms with E-state index < -0.39 is 0 Å². The fourth-order valence-electron chi connectivity index (χ4n) is 2.20. The second-order valence-electron chi connectivity index (χ2n) is 4.37. The Bertz CT molecular complexity index is 621. The average Bonchev–Trinajstić information content (AvgIpc) is 2.36. The number of aromatic nitrogens is 1. The molecule has 0 saturated carbocycles. The number of hydrogen-bond donors (Lipinski definition) is 1. The summed E-state index contributed by atoms with van der Waals surface area (Å²) in [5.74, 6) is 1.34. The molecule has 1 heterocycles. The Labute approximate surface area is 107 Å². The Kier molecular flexibility index (Phi) is 3.03. The number of rotatable bonds is 2. The molecular formula is C14H18N2O2. The number of nitrogen functional groups attached to an aromatic ring is 1. The predicted molar refractivity (Wildman–Crippen MR) is 73.5 cm³/mol. The molecule has 0 atom stereocenters. The van der Waals surface area contributed by atoms with E-state index in [0.717, 1.165) is 27.7 Å². The minimum Gasteiger partial charge on any atom is -0.494 e. The number of ether oxygens (including phenoxy) is 2. The van der Waals surface area contributed by atoms with Crippen LogP contribution in [0.4, 0.5) is 5.69 Å². The first-order valence-corrected chi connectivity index (χ1v) is 5.79. The van der Waals surface area contributed by atoms with Crippen molar-refractivity contribution in [3.8, 4) is 11.5 Å². The predicted octanol–water partition coefficient (Wildman–Crippen LogP) is 2.76. The third-order valence-corrected chi connectivity index (χ3v) is 3.43. The van der Waals surface area contributed by atoms with Crippen LogP contribution in [0.3, 0.4) is 0 Å². The van der Waals surface area contributed by atoms with Crippen LogP contribution in [-0.2, 0) is 0 Å². The molecule has 0 aliphatic rings. The van der Waals surface area contributed by atoms with Crippen LogP contribution in [0.5, 0.6) is 11.5 Å². The van der Waals surface area contributed by atoms with Crippen molar-refractivity contribution in [1.29, 1.82) is 0 Å². The van der Waals surface area contributed by atoms with Crippen molar-refractivity contribution in [1.82, 2.24) is 4.98 Å². The van der Waals surface area contributed by atoms with Gasteiger partial charge in [0.1, 0.15) is 11.3 Å². The van der Waals surface area contributed by atoms with Gasteiger partial charge in [0.15, 0.2) is 5.75 Å². The molecule has 96 valence electrons. The molecule has 2 N–H and O–H groups in total. The quantitative estimate of drug-likeness (QED) is 0.828. The number of aryl methyl sites for hydroxylation is 2. The molecule has 1 aromatic carbocycles. The van der Waals surface area contributed by atoms with Gasteiger partial charge in [-0.2, -0.15) is 0 Å². The first kappa shape index (κ1) is 12.5. The number of fused-ring (bicyclic) bond motifs is 1. The zero-order valence-electron chi connectivity index (χ0n) is 11.4. The van der Waals surface area contributed by atoms with E-state index >= 15 is 0 Å². The summed E-state index contributed by atoms with van der Waals surface area (Å²) < 4.78 is 10.8. The smallest absolute Gasteiger partial charge is 0.151 e. The summed E-state index contributed by atoms with van der Waals surface area (Å²) in [5, 5.41) is 0.928. The molecule has 1 aromatic heterocycles. The van der Waals surface area contributed by atoms with E-state index in [4.69, 9.17) is 15.2 Å². The van der Waals surface area contributed by atoms with Crippen molar-refractivity contribution >= 4 is 16.6 Å². The van der Waals surface area contributed by atoms with Crippen LogP contribution in [-0.4, -0.2) is 19.2 Å². The van der Waals surface area contributed by atoms with Crippen molar-refractivity contribution < 1.29 is 9.47 Å². The van der Waals surface area contributed by atoms with Crippen LogP contribution in [0.15, 0.2) is 6.07 Å². The van der Waals surface area contributed by atoms with Gasteiger partial charge in [-0.1, -0.05) is 0 Å². The van der Waals surface area contributed by atoms with Crippen molar-refractivity contribution in [3.05, 3.63) is 22.9 Å². The molecule has 4 heteroatoms. The first-order valence-electron chi connectivity index (χ1n) is 5.79. The Morgan fingerprint density at radius 2 is 1.72 bits per heavy atom. The highest BCUT2D eigenvalue weighted by molar-refractivity contribution is 5.98. The van der Waals surface area contributed by atoms with Gasteiger partial charge in [0.2, 0.25) is 0 Å². The third-order valence-electron chi connectivity index (χ3n) is 3.43. The maximum Gasteiger partial charge on any atom is 0.151 e. The largest absolute Gasteiger partial charge is 0.494 e. The number of nitrogens with two attached hydrogens (primary N) is 1. The standard InChI is InChI=1S/C14H18N2O2/c1-7-8(2)12-13(16-9(7)3)11(17-4)6-10(15)14(12)18-5/h6H,15H2,1-5H3. The number of nitrogens with zero attached hydrogens (tertiary/aromatic N) is 1. The van der Waals surface area contributed by atoms with E-state index in [2.05, 4.69) is 4.98 Å². The lowest BCUT2D eigenvalue weighted by Gasteiger charge is -2.16.